The summed E-state index contributed by atoms with van der Waals surface area (Å²) in [4.78, 5) is 2.51. The average molecular weight is 287 g/mol. The Balaban J connectivity index is 1.73. The minimum atomic E-state index is 0.704. The molecule has 0 unspecified atom stereocenters. The maximum atomic E-state index is 6.07. The van der Waals surface area contributed by atoms with Crippen LogP contribution in [-0.2, 0) is 13.1 Å². The number of anilines is 1. The van der Waals surface area contributed by atoms with Gasteiger partial charge in [0.1, 0.15) is 0 Å². The third-order valence-electron chi connectivity index (χ3n) is 3.67. The fraction of sp³-hybridized carbons (Fsp3) is 0.294. The van der Waals surface area contributed by atoms with Crippen LogP contribution in [0.2, 0.25) is 5.02 Å². The SMILES string of the molecule is Nc1cccc(CN(Cc2cccc(Cl)c2)C2CC2)c1. The summed E-state index contributed by atoms with van der Waals surface area (Å²) in [6.07, 6.45) is 2.59. The molecule has 104 valence electrons. The molecule has 0 aromatic heterocycles. The predicted octanol–water partition coefficient (Wildman–Crippen LogP) is 4.09. The van der Waals surface area contributed by atoms with Crippen molar-refractivity contribution >= 4 is 17.3 Å². The van der Waals surface area contributed by atoms with Gasteiger partial charge in [-0.2, -0.15) is 0 Å². The molecular weight excluding hydrogens is 268 g/mol. The van der Waals surface area contributed by atoms with Crippen molar-refractivity contribution in [2.45, 2.75) is 32.0 Å². The lowest BCUT2D eigenvalue weighted by molar-refractivity contribution is 0.246. The van der Waals surface area contributed by atoms with Crippen molar-refractivity contribution < 1.29 is 0 Å². The molecule has 20 heavy (non-hydrogen) atoms. The molecule has 0 heterocycles. The Morgan fingerprint density at radius 2 is 1.65 bits per heavy atom. The van der Waals surface area contributed by atoms with Gasteiger partial charge >= 0.3 is 0 Å². The second-order valence-electron chi connectivity index (χ2n) is 5.51. The van der Waals surface area contributed by atoms with Crippen LogP contribution in [-0.4, -0.2) is 10.9 Å². The van der Waals surface area contributed by atoms with E-state index in [2.05, 4.69) is 29.2 Å². The van der Waals surface area contributed by atoms with Crippen molar-refractivity contribution in [1.82, 2.24) is 4.90 Å². The summed E-state index contributed by atoms with van der Waals surface area (Å²) in [6, 6.07) is 17.0. The number of halogens is 1. The van der Waals surface area contributed by atoms with Crippen LogP contribution in [0.1, 0.15) is 24.0 Å². The predicted molar refractivity (Wildman–Crippen MR) is 84.6 cm³/mol. The van der Waals surface area contributed by atoms with Crippen molar-refractivity contribution in [1.29, 1.82) is 0 Å². The molecule has 0 aliphatic heterocycles. The molecule has 1 saturated carbocycles. The Bertz CT molecular complexity index is 546. The smallest absolute Gasteiger partial charge is 0.0409 e. The Kier molecular flexibility index (Phi) is 3.95. The Morgan fingerprint density at radius 1 is 1.00 bits per heavy atom. The topological polar surface area (TPSA) is 29.3 Å². The van der Waals surface area contributed by atoms with Crippen LogP contribution in [0.15, 0.2) is 48.5 Å². The Labute approximate surface area is 125 Å². The third kappa shape index (κ3) is 3.53. The monoisotopic (exact) mass is 286 g/mol. The largest absolute Gasteiger partial charge is 0.399 e. The molecule has 0 bridgehead atoms. The summed E-state index contributed by atoms with van der Waals surface area (Å²) in [7, 11) is 0. The summed E-state index contributed by atoms with van der Waals surface area (Å²) < 4.78 is 0. The van der Waals surface area contributed by atoms with Gasteiger partial charge in [0.25, 0.3) is 0 Å². The van der Waals surface area contributed by atoms with Gasteiger partial charge in [-0.25, -0.2) is 0 Å². The van der Waals surface area contributed by atoms with Crippen molar-refractivity contribution in [2.24, 2.45) is 0 Å². The molecule has 0 amide bonds. The number of hydrogen-bond donors (Lipinski definition) is 1. The van der Waals surface area contributed by atoms with Crippen LogP contribution < -0.4 is 5.73 Å². The minimum Gasteiger partial charge on any atom is -0.399 e. The molecule has 2 N–H and O–H groups in total. The van der Waals surface area contributed by atoms with Crippen LogP contribution >= 0.6 is 11.6 Å². The maximum absolute atomic E-state index is 6.07. The van der Waals surface area contributed by atoms with Gasteiger partial charge in [-0.1, -0.05) is 35.9 Å². The van der Waals surface area contributed by atoms with Crippen molar-refractivity contribution in [2.75, 3.05) is 5.73 Å². The molecule has 2 aromatic carbocycles. The summed E-state index contributed by atoms with van der Waals surface area (Å²) in [6.45, 7) is 1.89. The normalized spacial score (nSPS) is 14.7. The molecule has 0 spiro atoms. The molecule has 1 aliphatic carbocycles. The highest BCUT2D eigenvalue weighted by Gasteiger charge is 2.28. The van der Waals surface area contributed by atoms with E-state index in [0.717, 1.165) is 23.8 Å². The molecule has 1 aliphatic rings. The zero-order chi connectivity index (χ0) is 13.9. The average Bonchev–Trinajstić information content (AvgIpc) is 3.22. The first-order chi connectivity index (χ1) is 9.70. The lowest BCUT2D eigenvalue weighted by Gasteiger charge is -2.22. The molecule has 0 atom stereocenters. The van der Waals surface area contributed by atoms with Crippen molar-refractivity contribution in [3.05, 3.63) is 64.7 Å². The Morgan fingerprint density at radius 3 is 2.25 bits per heavy atom. The van der Waals surface area contributed by atoms with E-state index in [1.54, 1.807) is 0 Å². The summed E-state index contributed by atoms with van der Waals surface area (Å²) >= 11 is 6.07. The first-order valence-electron chi connectivity index (χ1n) is 7.03. The van der Waals surface area contributed by atoms with E-state index in [1.807, 2.05) is 24.3 Å². The maximum Gasteiger partial charge on any atom is 0.0409 e. The van der Waals surface area contributed by atoms with Crippen LogP contribution in [0.5, 0.6) is 0 Å². The summed E-state index contributed by atoms with van der Waals surface area (Å²) in [5.41, 5.74) is 9.25. The first-order valence-corrected chi connectivity index (χ1v) is 7.41. The van der Waals surface area contributed by atoms with E-state index in [-0.39, 0.29) is 0 Å². The summed E-state index contributed by atoms with van der Waals surface area (Å²) in [5.74, 6) is 0. The second kappa shape index (κ2) is 5.86. The molecule has 1 fully saturated rings. The molecule has 3 rings (SSSR count). The van der Waals surface area contributed by atoms with Crippen LogP contribution in [0.25, 0.3) is 0 Å². The standard InChI is InChI=1S/C17H19ClN2/c18-15-5-1-3-13(9-15)11-20(17-7-8-17)12-14-4-2-6-16(19)10-14/h1-6,9-10,17H,7-8,11-12,19H2. The highest BCUT2D eigenvalue weighted by molar-refractivity contribution is 6.30. The van der Waals surface area contributed by atoms with Gasteiger partial charge in [0, 0.05) is 29.8 Å². The lowest BCUT2D eigenvalue weighted by Crippen LogP contribution is -2.25. The molecule has 2 nitrogen and oxygen atoms in total. The Hall–Kier alpha value is -1.51. The zero-order valence-corrected chi connectivity index (χ0v) is 12.2. The molecule has 0 saturated heterocycles. The lowest BCUT2D eigenvalue weighted by atomic mass is 10.1. The highest BCUT2D eigenvalue weighted by atomic mass is 35.5. The second-order valence-corrected chi connectivity index (χ2v) is 5.95. The van der Waals surface area contributed by atoms with Gasteiger partial charge in [0.2, 0.25) is 0 Å². The number of hydrogen-bond acceptors (Lipinski definition) is 2. The number of benzene rings is 2. The zero-order valence-electron chi connectivity index (χ0n) is 11.4. The van der Waals surface area contributed by atoms with Gasteiger partial charge in [-0.05, 0) is 48.2 Å². The molecule has 2 aromatic rings. The van der Waals surface area contributed by atoms with E-state index in [1.165, 1.54) is 24.0 Å². The van der Waals surface area contributed by atoms with E-state index >= 15 is 0 Å². The van der Waals surface area contributed by atoms with Crippen LogP contribution in [0.4, 0.5) is 5.69 Å². The van der Waals surface area contributed by atoms with Gasteiger partial charge in [0.15, 0.2) is 0 Å². The van der Waals surface area contributed by atoms with Crippen molar-refractivity contribution in [3.8, 4) is 0 Å². The number of nitrogens with zero attached hydrogens (tertiary/aromatic N) is 1. The highest BCUT2D eigenvalue weighted by Crippen LogP contribution is 2.30. The van der Waals surface area contributed by atoms with Crippen molar-refractivity contribution in [3.63, 3.8) is 0 Å². The molecule has 3 heteroatoms. The first kappa shape index (κ1) is 13.5. The minimum absolute atomic E-state index is 0.704. The summed E-state index contributed by atoms with van der Waals surface area (Å²) in [5, 5.41) is 0.808. The van der Waals surface area contributed by atoms with Gasteiger partial charge in [-0.3, -0.25) is 4.90 Å². The fourth-order valence-corrected chi connectivity index (χ4v) is 2.76. The number of nitrogen functional groups attached to an aromatic ring is 1. The van der Waals surface area contributed by atoms with E-state index in [0.29, 0.717) is 6.04 Å². The van der Waals surface area contributed by atoms with Gasteiger partial charge in [0.05, 0.1) is 0 Å². The van der Waals surface area contributed by atoms with E-state index < -0.39 is 0 Å². The number of nitrogens with two attached hydrogens (primary N) is 1. The van der Waals surface area contributed by atoms with E-state index in [4.69, 9.17) is 17.3 Å². The third-order valence-corrected chi connectivity index (χ3v) is 3.91. The van der Waals surface area contributed by atoms with Crippen LogP contribution in [0.3, 0.4) is 0 Å². The molecular formula is C17H19ClN2. The number of rotatable bonds is 5. The van der Waals surface area contributed by atoms with Gasteiger partial charge < -0.3 is 5.73 Å². The molecule has 0 radical (unpaired) electrons. The van der Waals surface area contributed by atoms with Gasteiger partial charge in [-0.15, -0.1) is 0 Å². The van der Waals surface area contributed by atoms with Crippen LogP contribution in [0, 0.1) is 0 Å². The quantitative estimate of drug-likeness (QED) is 0.839. The fourth-order valence-electron chi connectivity index (χ4n) is 2.55. The van der Waals surface area contributed by atoms with E-state index in [9.17, 15) is 0 Å².